The molecule has 28 heavy (non-hydrogen) atoms. The number of carbonyl (C=O) groups excluding carboxylic acids is 2. The summed E-state index contributed by atoms with van der Waals surface area (Å²) in [5.41, 5.74) is 0.561. The molecule has 0 aliphatic heterocycles. The summed E-state index contributed by atoms with van der Waals surface area (Å²) < 4.78 is 16.1. The third kappa shape index (κ3) is 7.96. The van der Waals surface area contributed by atoms with Crippen LogP contribution in [0.2, 0.25) is 0 Å². The first kappa shape index (κ1) is 21.7. The van der Waals surface area contributed by atoms with Gasteiger partial charge in [-0.3, -0.25) is 14.9 Å². The number of anilines is 1. The van der Waals surface area contributed by atoms with Gasteiger partial charge in [0.05, 0.1) is 25.3 Å². The molecule has 7 nitrogen and oxygen atoms in total. The zero-order valence-electron chi connectivity index (χ0n) is 16.4. The Bertz CT molecular complexity index is 775. The molecule has 0 aliphatic rings. The number of esters is 1. The second-order valence-electron chi connectivity index (χ2n) is 6.47. The van der Waals surface area contributed by atoms with Crippen LogP contribution in [0.4, 0.5) is 5.13 Å². The average Bonchev–Trinajstić information content (AvgIpc) is 3.07. The zero-order chi connectivity index (χ0) is 20.4. The number of rotatable bonds is 11. The fourth-order valence-corrected chi connectivity index (χ4v) is 2.90. The minimum absolute atomic E-state index is 0.0836. The van der Waals surface area contributed by atoms with Crippen molar-refractivity contribution in [2.45, 2.75) is 33.6 Å². The Morgan fingerprint density at radius 3 is 2.68 bits per heavy atom. The van der Waals surface area contributed by atoms with Crippen molar-refractivity contribution < 1.29 is 23.8 Å². The number of hydrogen-bond donors (Lipinski definition) is 1. The van der Waals surface area contributed by atoms with Crippen molar-refractivity contribution in [2.75, 3.05) is 25.1 Å². The predicted molar refractivity (Wildman–Crippen MR) is 108 cm³/mol. The fourth-order valence-electron chi connectivity index (χ4n) is 2.18. The summed E-state index contributed by atoms with van der Waals surface area (Å²) >= 11 is 1.25. The van der Waals surface area contributed by atoms with Gasteiger partial charge in [-0.1, -0.05) is 19.9 Å². The molecule has 2 aromatic rings. The van der Waals surface area contributed by atoms with Crippen LogP contribution >= 0.6 is 11.3 Å². The SMILES string of the molecule is CCOC(=O)Cc1csc(NC(=O)COc2cccc(OCCC(C)C)c2)n1. The van der Waals surface area contributed by atoms with Gasteiger partial charge in [-0.05, 0) is 31.4 Å². The molecule has 0 bridgehead atoms. The molecule has 2 rings (SSSR count). The van der Waals surface area contributed by atoms with Crippen molar-refractivity contribution in [3.8, 4) is 11.5 Å². The highest BCUT2D eigenvalue weighted by Gasteiger charge is 2.11. The van der Waals surface area contributed by atoms with E-state index in [9.17, 15) is 9.59 Å². The molecular formula is C20H26N2O5S. The van der Waals surface area contributed by atoms with Crippen molar-refractivity contribution in [2.24, 2.45) is 5.92 Å². The first-order valence-corrected chi connectivity index (χ1v) is 10.1. The van der Waals surface area contributed by atoms with Crippen LogP contribution in [-0.4, -0.2) is 36.7 Å². The molecule has 0 fully saturated rings. The molecular weight excluding hydrogens is 380 g/mol. The maximum atomic E-state index is 12.1. The Morgan fingerprint density at radius 2 is 1.96 bits per heavy atom. The molecule has 0 radical (unpaired) electrons. The van der Waals surface area contributed by atoms with Crippen molar-refractivity contribution >= 4 is 28.3 Å². The molecule has 0 unspecified atom stereocenters. The number of hydrogen-bond acceptors (Lipinski definition) is 7. The lowest BCUT2D eigenvalue weighted by atomic mass is 10.1. The van der Waals surface area contributed by atoms with Crippen LogP contribution in [0.3, 0.4) is 0 Å². The summed E-state index contributed by atoms with van der Waals surface area (Å²) in [5.74, 6) is 1.17. The number of ether oxygens (including phenoxy) is 3. The van der Waals surface area contributed by atoms with Crippen LogP contribution < -0.4 is 14.8 Å². The Balaban J connectivity index is 1.78. The molecule has 1 heterocycles. The van der Waals surface area contributed by atoms with Gasteiger partial charge < -0.3 is 14.2 Å². The molecule has 8 heteroatoms. The highest BCUT2D eigenvalue weighted by Crippen LogP contribution is 2.20. The van der Waals surface area contributed by atoms with Crippen molar-refractivity contribution in [1.82, 2.24) is 4.98 Å². The minimum Gasteiger partial charge on any atom is -0.493 e. The Kier molecular flexibility index (Phi) is 8.74. The molecule has 1 N–H and O–H groups in total. The highest BCUT2D eigenvalue weighted by atomic mass is 32.1. The lowest BCUT2D eigenvalue weighted by Gasteiger charge is -2.10. The van der Waals surface area contributed by atoms with E-state index in [1.165, 1.54) is 11.3 Å². The lowest BCUT2D eigenvalue weighted by Crippen LogP contribution is -2.20. The Labute approximate surface area is 169 Å². The van der Waals surface area contributed by atoms with Crippen LogP contribution in [0.1, 0.15) is 32.9 Å². The van der Waals surface area contributed by atoms with Gasteiger partial charge in [0.2, 0.25) is 0 Å². The van der Waals surface area contributed by atoms with Gasteiger partial charge in [0.15, 0.2) is 11.7 Å². The van der Waals surface area contributed by atoms with E-state index in [-0.39, 0.29) is 24.9 Å². The van der Waals surface area contributed by atoms with E-state index < -0.39 is 0 Å². The van der Waals surface area contributed by atoms with Gasteiger partial charge in [-0.25, -0.2) is 4.98 Å². The van der Waals surface area contributed by atoms with Crippen LogP contribution in [0.25, 0.3) is 0 Å². The van der Waals surface area contributed by atoms with Crippen LogP contribution in [0.5, 0.6) is 11.5 Å². The monoisotopic (exact) mass is 406 g/mol. The first-order chi connectivity index (χ1) is 13.5. The van der Waals surface area contributed by atoms with Gasteiger partial charge in [0.1, 0.15) is 11.5 Å². The Hall–Kier alpha value is -2.61. The smallest absolute Gasteiger partial charge is 0.311 e. The van der Waals surface area contributed by atoms with Gasteiger partial charge >= 0.3 is 5.97 Å². The molecule has 152 valence electrons. The van der Waals surface area contributed by atoms with Crippen molar-refractivity contribution in [1.29, 1.82) is 0 Å². The van der Waals surface area contributed by atoms with E-state index in [1.807, 2.05) is 12.1 Å². The van der Waals surface area contributed by atoms with Gasteiger partial charge in [-0.15, -0.1) is 11.3 Å². The second-order valence-corrected chi connectivity index (χ2v) is 7.33. The number of benzene rings is 1. The molecule has 0 saturated heterocycles. The summed E-state index contributed by atoms with van der Waals surface area (Å²) in [6, 6.07) is 7.20. The highest BCUT2D eigenvalue weighted by molar-refractivity contribution is 7.13. The number of thiazole rings is 1. The van der Waals surface area contributed by atoms with Crippen molar-refractivity contribution in [3.05, 3.63) is 35.3 Å². The van der Waals surface area contributed by atoms with Gasteiger partial charge in [-0.2, -0.15) is 0 Å². The maximum absolute atomic E-state index is 12.1. The molecule has 1 aromatic heterocycles. The number of nitrogens with one attached hydrogen (secondary N) is 1. The molecule has 1 amide bonds. The van der Waals surface area contributed by atoms with Crippen LogP contribution in [0.15, 0.2) is 29.6 Å². The Morgan fingerprint density at radius 1 is 1.21 bits per heavy atom. The normalized spacial score (nSPS) is 10.6. The quantitative estimate of drug-likeness (QED) is 0.573. The number of carbonyl (C=O) groups is 2. The van der Waals surface area contributed by atoms with E-state index in [0.29, 0.717) is 41.5 Å². The summed E-state index contributed by atoms with van der Waals surface area (Å²) in [6.45, 7) is 6.85. The summed E-state index contributed by atoms with van der Waals surface area (Å²) in [7, 11) is 0. The number of amides is 1. The maximum Gasteiger partial charge on any atom is 0.311 e. The fraction of sp³-hybridized carbons (Fsp3) is 0.450. The zero-order valence-corrected chi connectivity index (χ0v) is 17.2. The van der Waals surface area contributed by atoms with Gasteiger partial charge in [0.25, 0.3) is 5.91 Å². The number of nitrogens with zero attached hydrogens (tertiary/aromatic N) is 1. The average molecular weight is 407 g/mol. The minimum atomic E-state index is -0.343. The van der Waals surface area contributed by atoms with E-state index in [4.69, 9.17) is 14.2 Å². The third-order valence-electron chi connectivity index (χ3n) is 3.57. The van der Waals surface area contributed by atoms with Crippen LogP contribution in [-0.2, 0) is 20.7 Å². The molecule has 0 saturated carbocycles. The predicted octanol–water partition coefficient (Wildman–Crippen LogP) is 3.69. The van der Waals surface area contributed by atoms with Crippen molar-refractivity contribution in [3.63, 3.8) is 0 Å². The molecule has 0 spiro atoms. The topological polar surface area (TPSA) is 86.8 Å². The largest absolute Gasteiger partial charge is 0.493 e. The molecule has 0 aliphatic carbocycles. The second kappa shape index (κ2) is 11.3. The van der Waals surface area contributed by atoms with E-state index in [0.717, 1.165) is 6.42 Å². The standard InChI is InChI=1S/C20H26N2O5S/c1-4-25-19(24)10-15-13-28-20(21-15)22-18(23)12-27-17-7-5-6-16(11-17)26-9-8-14(2)3/h5-7,11,13-14H,4,8-10,12H2,1-3H3,(H,21,22,23). The number of aromatic nitrogens is 1. The molecule has 0 atom stereocenters. The lowest BCUT2D eigenvalue weighted by molar-refractivity contribution is -0.142. The van der Waals surface area contributed by atoms with Crippen LogP contribution in [0, 0.1) is 5.92 Å². The summed E-state index contributed by atoms with van der Waals surface area (Å²) in [6.07, 6.45) is 1.06. The first-order valence-electron chi connectivity index (χ1n) is 9.21. The van der Waals surface area contributed by atoms with E-state index in [2.05, 4.69) is 24.1 Å². The van der Waals surface area contributed by atoms with E-state index >= 15 is 0 Å². The van der Waals surface area contributed by atoms with Gasteiger partial charge in [0, 0.05) is 11.4 Å². The molecule has 1 aromatic carbocycles. The third-order valence-corrected chi connectivity index (χ3v) is 4.37. The van der Waals surface area contributed by atoms with E-state index in [1.54, 1.807) is 24.4 Å². The summed E-state index contributed by atoms with van der Waals surface area (Å²) in [4.78, 5) is 27.7. The summed E-state index contributed by atoms with van der Waals surface area (Å²) in [5, 5.41) is 4.79.